The van der Waals surface area contributed by atoms with Crippen molar-refractivity contribution in [3.8, 4) is 23.0 Å². The van der Waals surface area contributed by atoms with Crippen molar-refractivity contribution in [2.24, 2.45) is 0 Å². The number of methoxy groups -OCH3 is 2. The lowest BCUT2D eigenvalue weighted by atomic mass is 10.2. The normalized spacial score (nSPS) is 10.7. The number of nitrogen functional groups attached to an aromatic ring is 1. The Hall–Kier alpha value is -2.69. The number of anilines is 1. The molecule has 0 aliphatic heterocycles. The van der Waals surface area contributed by atoms with E-state index in [0.717, 1.165) is 11.1 Å². The third-order valence-electron chi connectivity index (χ3n) is 3.04. The highest BCUT2D eigenvalue weighted by Gasteiger charge is 2.11. The van der Waals surface area contributed by atoms with E-state index in [-0.39, 0.29) is 0 Å². The summed E-state index contributed by atoms with van der Waals surface area (Å²) in [6, 6.07) is 10.9. The Labute approximate surface area is 115 Å². The number of nitrogens with two attached hydrogens (primary N) is 1. The average Bonchev–Trinajstić information content (AvgIpc) is 2.89. The van der Waals surface area contributed by atoms with Gasteiger partial charge in [-0.25, -0.2) is 4.98 Å². The molecule has 5 heteroatoms. The van der Waals surface area contributed by atoms with Crippen LogP contribution >= 0.6 is 0 Å². The molecule has 0 saturated heterocycles. The van der Waals surface area contributed by atoms with Crippen LogP contribution in [-0.4, -0.2) is 19.2 Å². The number of ether oxygens (including phenoxy) is 2. The van der Waals surface area contributed by atoms with Crippen molar-refractivity contribution < 1.29 is 13.9 Å². The number of rotatable bonds is 3. The Bertz CT molecular complexity index is 765. The summed E-state index contributed by atoms with van der Waals surface area (Å²) >= 11 is 0. The molecule has 0 unspecified atom stereocenters. The second kappa shape index (κ2) is 4.77. The number of hydrogen-bond acceptors (Lipinski definition) is 5. The predicted octanol–water partition coefficient (Wildman–Crippen LogP) is 3.09. The SMILES string of the molecule is COc1ccc(-c2nc3cc(N)ccc3o2)cc1OC. The number of fused-ring (bicyclic) bond motifs is 1. The molecule has 20 heavy (non-hydrogen) atoms. The molecule has 0 aliphatic rings. The Morgan fingerprint density at radius 1 is 1.00 bits per heavy atom. The van der Waals surface area contributed by atoms with E-state index in [2.05, 4.69) is 4.98 Å². The average molecular weight is 270 g/mol. The van der Waals surface area contributed by atoms with Crippen LogP contribution in [0.15, 0.2) is 40.8 Å². The molecule has 0 amide bonds. The van der Waals surface area contributed by atoms with Gasteiger partial charge < -0.3 is 19.6 Å². The van der Waals surface area contributed by atoms with Gasteiger partial charge in [0.15, 0.2) is 17.1 Å². The van der Waals surface area contributed by atoms with Crippen molar-refractivity contribution in [1.29, 1.82) is 0 Å². The molecule has 0 fully saturated rings. The van der Waals surface area contributed by atoms with Crippen LogP contribution in [0.5, 0.6) is 11.5 Å². The van der Waals surface area contributed by atoms with E-state index in [4.69, 9.17) is 19.6 Å². The van der Waals surface area contributed by atoms with Crippen molar-refractivity contribution in [3.05, 3.63) is 36.4 Å². The van der Waals surface area contributed by atoms with Crippen LogP contribution in [0.25, 0.3) is 22.6 Å². The van der Waals surface area contributed by atoms with E-state index in [1.165, 1.54) is 0 Å². The highest BCUT2D eigenvalue weighted by Crippen LogP contribution is 2.33. The summed E-state index contributed by atoms with van der Waals surface area (Å²) in [4.78, 5) is 4.43. The number of hydrogen-bond donors (Lipinski definition) is 1. The first kappa shape index (κ1) is 12.3. The monoisotopic (exact) mass is 270 g/mol. The van der Waals surface area contributed by atoms with Gasteiger partial charge in [-0.15, -0.1) is 0 Å². The minimum Gasteiger partial charge on any atom is -0.493 e. The number of benzene rings is 2. The van der Waals surface area contributed by atoms with Crippen molar-refractivity contribution in [3.63, 3.8) is 0 Å². The topological polar surface area (TPSA) is 70.5 Å². The van der Waals surface area contributed by atoms with Gasteiger partial charge in [0.1, 0.15) is 5.52 Å². The summed E-state index contributed by atoms with van der Waals surface area (Å²) in [5.41, 5.74) is 8.64. The van der Waals surface area contributed by atoms with E-state index in [0.29, 0.717) is 28.7 Å². The predicted molar refractivity (Wildman–Crippen MR) is 77.0 cm³/mol. The smallest absolute Gasteiger partial charge is 0.227 e. The lowest BCUT2D eigenvalue weighted by Gasteiger charge is -2.07. The molecule has 1 aromatic heterocycles. The van der Waals surface area contributed by atoms with Crippen LogP contribution in [0.4, 0.5) is 5.69 Å². The van der Waals surface area contributed by atoms with Crippen LogP contribution in [0.3, 0.4) is 0 Å². The summed E-state index contributed by atoms with van der Waals surface area (Å²) in [7, 11) is 3.19. The third-order valence-corrected chi connectivity index (χ3v) is 3.04. The second-order valence-corrected chi connectivity index (χ2v) is 4.32. The van der Waals surface area contributed by atoms with Gasteiger partial charge in [-0.05, 0) is 36.4 Å². The van der Waals surface area contributed by atoms with Crippen LogP contribution in [0, 0.1) is 0 Å². The molecule has 0 aliphatic carbocycles. The lowest BCUT2D eigenvalue weighted by Crippen LogP contribution is -1.90. The van der Waals surface area contributed by atoms with Crippen LogP contribution in [0.2, 0.25) is 0 Å². The van der Waals surface area contributed by atoms with Crippen molar-refractivity contribution >= 4 is 16.8 Å². The van der Waals surface area contributed by atoms with E-state index >= 15 is 0 Å². The quantitative estimate of drug-likeness (QED) is 0.740. The fourth-order valence-electron chi connectivity index (χ4n) is 2.04. The summed E-state index contributed by atoms with van der Waals surface area (Å²) < 4.78 is 16.2. The van der Waals surface area contributed by atoms with Gasteiger partial charge in [-0.3, -0.25) is 0 Å². The van der Waals surface area contributed by atoms with E-state index in [9.17, 15) is 0 Å². The molecular formula is C15H14N2O3. The number of oxazole rings is 1. The molecule has 5 nitrogen and oxygen atoms in total. The van der Waals surface area contributed by atoms with Gasteiger partial charge >= 0.3 is 0 Å². The maximum absolute atomic E-state index is 5.74. The Morgan fingerprint density at radius 3 is 2.55 bits per heavy atom. The minimum atomic E-state index is 0.520. The Morgan fingerprint density at radius 2 is 1.80 bits per heavy atom. The van der Waals surface area contributed by atoms with Crippen LogP contribution in [-0.2, 0) is 0 Å². The molecule has 3 aromatic rings. The minimum absolute atomic E-state index is 0.520. The molecule has 3 rings (SSSR count). The van der Waals surface area contributed by atoms with Gasteiger partial charge in [0.25, 0.3) is 0 Å². The van der Waals surface area contributed by atoms with Crippen molar-refractivity contribution in [2.75, 3.05) is 20.0 Å². The van der Waals surface area contributed by atoms with Gasteiger partial charge in [0.05, 0.1) is 14.2 Å². The molecule has 0 atom stereocenters. The summed E-state index contributed by atoms with van der Waals surface area (Å²) in [5, 5.41) is 0. The number of aromatic nitrogens is 1. The third kappa shape index (κ3) is 2.03. The summed E-state index contributed by atoms with van der Waals surface area (Å²) in [5.74, 6) is 1.81. The standard InChI is InChI=1S/C15H14N2O3/c1-18-13-5-3-9(7-14(13)19-2)15-17-11-8-10(16)4-6-12(11)20-15/h3-8H,16H2,1-2H3. The second-order valence-electron chi connectivity index (χ2n) is 4.32. The van der Waals surface area contributed by atoms with Gasteiger partial charge in [-0.1, -0.05) is 0 Å². The molecule has 0 saturated carbocycles. The van der Waals surface area contributed by atoms with Gasteiger partial charge in [0.2, 0.25) is 5.89 Å². The molecule has 0 radical (unpaired) electrons. The Kier molecular flexibility index (Phi) is 2.95. The molecule has 1 heterocycles. The van der Waals surface area contributed by atoms with E-state index < -0.39 is 0 Å². The fourth-order valence-corrected chi connectivity index (χ4v) is 2.04. The molecule has 102 valence electrons. The first-order valence-electron chi connectivity index (χ1n) is 6.09. The Balaban J connectivity index is 2.10. The maximum atomic E-state index is 5.74. The summed E-state index contributed by atoms with van der Waals surface area (Å²) in [6.07, 6.45) is 0. The van der Waals surface area contributed by atoms with E-state index in [1.807, 2.05) is 24.3 Å². The van der Waals surface area contributed by atoms with Gasteiger partial charge in [-0.2, -0.15) is 0 Å². The highest BCUT2D eigenvalue weighted by molar-refractivity contribution is 5.79. The maximum Gasteiger partial charge on any atom is 0.227 e. The van der Waals surface area contributed by atoms with Crippen LogP contribution < -0.4 is 15.2 Å². The zero-order chi connectivity index (χ0) is 14.1. The summed E-state index contributed by atoms with van der Waals surface area (Å²) in [6.45, 7) is 0. The number of nitrogens with zero attached hydrogens (tertiary/aromatic N) is 1. The first-order valence-corrected chi connectivity index (χ1v) is 6.09. The zero-order valence-electron chi connectivity index (χ0n) is 11.2. The molecule has 0 spiro atoms. The van der Waals surface area contributed by atoms with Crippen LogP contribution in [0.1, 0.15) is 0 Å². The fraction of sp³-hybridized carbons (Fsp3) is 0.133. The molecule has 2 N–H and O–H groups in total. The lowest BCUT2D eigenvalue weighted by molar-refractivity contribution is 0.355. The van der Waals surface area contributed by atoms with E-state index in [1.54, 1.807) is 26.4 Å². The first-order chi connectivity index (χ1) is 9.71. The van der Waals surface area contributed by atoms with Crippen molar-refractivity contribution in [2.45, 2.75) is 0 Å². The molecule has 0 bridgehead atoms. The van der Waals surface area contributed by atoms with Crippen molar-refractivity contribution in [1.82, 2.24) is 4.98 Å². The largest absolute Gasteiger partial charge is 0.493 e. The zero-order valence-corrected chi connectivity index (χ0v) is 11.2. The molecule has 2 aromatic carbocycles. The molecular weight excluding hydrogens is 256 g/mol. The highest BCUT2D eigenvalue weighted by atomic mass is 16.5. The van der Waals surface area contributed by atoms with Gasteiger partial charge in [0, 0.05) is 11.3 Å².